The fourth-order valence-electron chi connectivity index (χ4n) is 2.84. The Morgan fingerprint density at radius 3 is 2.47 bits per heavy atom. The third-order valence-corrected chi connectivity index (χ3v) is 4.53. The SMILES string of the molecule is NC1(Cc2ccc(I)cc2)CCCC(C(F)(F)F)C1. The summed E-state index contributed by atoms with van der Waals surface area (Å²) in [4.78, 5) is 0. The quantitative estimate of drug-likeness (QED) is 0.758. The van der Waals surface area contributed by atoms with E-state index < -0.39 is 17.6 Å². The van der Waals surface area contributed by atoms with Gasteiger partial charge in [0, 0.05) is 9.11 Å². The molecule has 0 aromatic heterocycles. The molecule has 1 aromatic rings. The molecule has 2 unspecified atom stereocenters. The molecule has 0 aliphatic heterocycles. The van der Waals surface area contributed by atoms with Crippen LogP contribution in [0, 0.1) is 9.49 Å². The number of nitrogens with two attached hydrogens (primary N) is 1. The second-order valence-corrected chi connectivity index (χ2v) is 6.75. The first-order valence-electron chi connectivity index (χ1n) is 6.39. The van der Waals surface area contributed by atoms with Crippen LogP contribution in [-0.2, 0) is 6.42 Å². The molecule has 0 amide bonds. The van der Waals surface area contributed by atoms with E-state index in [1.54, 1.807) is 0 Å². The molecule has 0 spiro atoms. The summed E-state index contributed by atoms with van der Waals surface area (Å²) in [5.74, 6) is -1.24. The molecule has 1 saturated carbocycles. The summed E-state index contributed by atoms with van der Waals surface area (Å²) in [6.45, 7) is 0. The topological polar surface area (TPSA) is 26.0 Å². The van der Waals surface area contributed by atoms with Gasteiger partial charge in [-0.1, -0.05) is 18.6 Å². The van der Waals surface area contributed by atoms with Crippen LogP contribution in [0.4, 0.5) is 13.2 Å². The van der Waals surface area contributed by atoms with Crippen molar-refractivity contribution in [1.29, 1.82) is 0 Å². The van der Waals surface area contributed by atoms with Crippen molar-refractivity contribution in [2.45, 2.75) is 43.8 Å². The van der Waals surface area contributed by atoms with Crippen molar-refractivity contribution in [1.82, 2.24) is 0 Å². The van der Waals surface area contributed by atoms with Crippen LogP contribution < -0.4 is 5.73 Å². The number of alkyl halides is 3. The van der Waals surface area contributed by atoms with Gasteiger partial charge in [0.05, 0.1) is 5.92 Å². The second-order valence-electron chi connectivity index (χ2n) is 5.50. The minimum atomic E-state index is -4.11. The van der Waals surface area contributed by atoms with Crippen LogP contribution in [0.2, 0.25) is 0 Å². The normalized spacial score (nSPS) is 28.4. The predicted octanol–water partition coefficient (Wildman–Crippen LogP) is 4.28. The first-order valence-corrected chi connectivity index (χ1v) is 7.46. The summed E-state index contributed by atoms with van der Waals surface area (Å²) >= 11 is 2.20. The summed E-state index contributed by atoms with van der Waals surface area (Å²) in [6.07, 6.45) is -2.10. The molecule has 2 atom stereocenters. The summed E-state index contributed by atoms with van der Waals surface area (Å²) < 4.78 is 39.6. The highest BCUT2D eigenvalue weighted by Crippen LogP contribution is 2.41. The Morgan fingerprint density at radius 2 is 1.89 bits per heavy atom. The minimum absolute atomic E-state index is 0.0441. The van der Waals surface area contributed by atoms with E-state index in [9.17, 15) is 13.2 Å². The molecule has 1 fully saturated rings. The van der Waals surface area contributed by atoms with E-state index in [4.69, 9.17) is 5.73 Å². The Morgan fingerprint density at radius 1 is 1.26 bits per heavy atom. The molecular weight excluding hydrogens is 366 g/mol. The van der Waals surface area contributed by atoms with Crippen molar-refractivity contribution in [3.05, 3.63) is 33.4 Å². The molecule has 2 N–H and O–H groups in total. The van der Waals surface area contributed by atoms with E-state index in [1.807, 2.05) is 24.3 Å². The maximum Gasteiger partial charge on any atom is 0.391 e. The van der Waals surface area contributed by atoms with Crippen LogP contribution in [0.15, 0.2) is 24.3 Å². The van der Waals surface area contributed by atoms with E-state index in [0.717, 1.165) is 9.13 Å². The molecule has 19 heavy (non-hydrogen) atoms. The first kappa shape index (κ1) is 15.1. The smallest absolute Gasteiger partial charge is 0.325 e. The molecule has 5 heteroatoms. The van der Waals surface area contributed by atoms with Crippen molar-refractivity contribution in [2.75, 3.05) is 0 Å². The summed E-state index contributed by atoms with van der Waals surface area (Å²) in [5.41, 5.74) is 6.52. The van der Waals surface area contributed by atoms with Crippen molar-refractivity contribution in [2.24, 2.45) is 11.7 Å². The van der Waals surface area contributed by atoms with Gasteiger partial charge in [0.1, 0.15) is 0 Å². The third-order valence-electron chi connectivity index (χ3n) is 3.81. The zero-order chi connectivity index (χ0) is 14.1. The molecule has 2 rings (SSSR count). The molecule has 1 aromatic carbocycles. The first-order chi connectivity index (χ1) is 8.78. The predicted molar refractivity (Wildman–Crippen MR) is 77.8 cm³/mol. The van der Waals surface area contributed by atoms with E-state index >= 15 is 0 Å². The molecule has 1 aliphatic rings. The Bertz CT molecular complexity index is 429. The van der Waals surface area contributed by atoms with Gasteiger partial charge < -0.3 is 5.73 Å². The molecule has 0 saturated heterocycles. The van der Waals surface area contributed by atoms with E-state index in [0.29, 0.717) is 19.3 Å². The molecule has 1 nitrogen and oxygen atoms in total. The Hall–Kier alpha value is -0.300. The lowest BCUT2D eigenvalue weighted by Crippen LogP contribution is -2.48. The fraction of sp³-hybridized carbons (Fsp3) is 0.571. The molecule has 0 radical (unpaired) electrons. The van der Waals surface area contributed by atoms with Gasteiger partial charge in [0.2, 0.25) is 0 Å². The highest BCUT2D eigenvalue weighted by Gasteiger charge is 2.46. The summed E-state index contributed by atoms with van der Waals surface area (Å²) in [5, 5.41) is 0. The van der Waals surface area contributed by atoms with Gasteiger partial charge in [-0.2, -0.15) is 13.2 Å². The number of rotatable bonds is 2. The van der Waals surface area contributed by atoms with Crippen molar-refractivity contribution in [3.8, 4) is 0 Å². The van der Waals surface area contributed by atoms with Crippen molar-refractivity contribution in [3.63, 3.8) is 0 Å². The zero-order valence-corrected chi connectivity index (χ0v) is 12.7. The van der Waals surface area contributed by atoms with Gasteiger partial charge in [-0.25, -0.2) is 0 Å². The van der Waals surface area contributed by atoms with E-state index in [2.05, 4.69) is 22.6 Å². The number of halogens is 4. The fourth-order valence-corrected chi connectivity index (χ4v) is 3.20. The van der Waals surface area contributed by atoms with Gasteiger partial charge in [-0.15, -0.1) is 0 Å². The van der Waals surface area contributed by atoms with Gasteiger partial charge in [0.25, 0.3) is 0 Å². The van der Waals surface area contributed by atoms with Crippen molar-refractivity contribution < 1.29 is 13.2 Å². The van der Waals surface area contributed by atoms with Crippen LogP contribution in [0.25, 0.3) is 0 Å². The lowest BCUT2D eigenvalue weighted by atomic mass is 9.73. The summed E-state index contributed by atoms with van der Waals surface area (Å²) in [7, 11) is 0. The van der Waals surface area contributed by atoms with Crippen LogP contribution >= 0.6 is 22.6 Å². The molecule has 1 aliphatic carbocycles. The van der Waals surface area contributed by atoms with Gasteiger partial charge in [-0.05, 0) is 66.0 Å². The molecular formula is C14H17F3IN. The Labute approximate surface area is 124 Å². The zero-order valence-electron chi connectivity index (χ0n) is 10.5. The van der Waals surface area contributed by atoms with Crippen LogP contribution in [0.5, 0.6) is 0 Å². The molecule has 106 valence electrons. The lowest BCUT2D eigenvalue weighted by Gasteiger charge is -2.39. The van der Waals surface area contributed by atoms with Crippen LogP contribution in [0.3, 0.4) is 0 Å². The monoisotopic (exact) mass is 383 g/mol. The van der Waals surface area contributed by atoms with E-state index in [-0.39, 0.29) is 12.8 Å². The lowest BCUT2D eigenvalue weighted by molar-refractivity contribution is -0.187. The number of benzene rings is 1. The number of hydrogen-bond donors (Lipinski definition) is 1. The maximum absolute atomic E-state index is 12.8. The van der Waals surface area contributed by atoms with Gasteiger partial charge >= 0.3 is 6.18 Å². The van der Waals surface area contributed by atoms with Gasteiger partial charge in [-0.3, -0.25) is 0 Å². The number of hydrogen-bond acceptors (Lipinski definition) is 1. The maximum atomic E-state index is 12.8. The molecule has 0 bridgehead atoms. The highest BCUT2D eigenvalue weighted by molar-refractivity contribution is 14.1. The average molecular weight is 383 g/mol. The highest BCUT2D eigenvalue weighted by atomic mass is 127. The Balaban J connectivity index is 2.07. The minimum Gasteiger partial charge on any atom is -0.325 e. The largest absolute Gasteiger partial charge is 0.391 e. The average Bonchev–Trinajstić information content (AvgIpc) is 2.31. The van der Waals surface area contributed by atoms with Crippen LogP contribution in [0.1, 0.15) is 31.2 Å². The van der Waals surface area contributed by atoms with Crippen LogP contribution in [-0.4, -0.2) is 11.7 Å². The second kappa shape index (κ2) is 5.60. The van der Waals surface area contributed by atoms with Crippen molar-refractivity contribution >= 4 is 22.6 Å². The summed E-state index contributed by atoms with van der Waals surface area (Å²) in [6, 6.07) is 7.83. The molecule has 0 heterocycles. The third kappa shape index (κ3) is 4.08. The standard InChI is InChI=1S/C14H17F3IN/c15-14(16,17)11-2-1-7-13(19,9-11)8-10-3-5-12(18)6-4-10/h3-6,11H,1-2,7-9,19H2. The Kier molecular flexibility index (Phi) is 4.45. The van der Waals surface area contributed by atoms with E-state index in [1.165, 1.54) is 0 Å². The van der Waals surface area contributed by atoms with Gasteiger partial charge in [0.15, 0.2) is 0 Å².